The fourth-order valence-electron chi connectivity index (χ4n) is 2.20. The molecule has 4 heteroatoms. The number of pyridine rings is 2. The van der Waals surface area contributed by atoms with Gasteiger partial charge in [-0.2, -0.15) is 0 Å². The third kappa shape index (κ3) is 2.09. The van der Waals surface area contributed by atoms with Gasteiger partial charge in [-0.15, -0.1) is 0 Å². The molecule has 2 heterocycles. The molecule has 0 aliphatic carbocycles. The first-order valence-electron chi connectivity index (χ1n) is 6.28. The van der Waals surface area contributed by atoms with Crippen LogP contribution in [0.25, 0.3) is 22.2 Å². The van der Waals surface area contributed by atoms with Crippen molar-refractivity contribution in [1.29, 1.82) is 0 Å². The highest BCUT2D eigenvalue weighted by Gasteiger charge is 2.08. The summed E-state index contributed by atoms with van der Waals surface area (Å²) in [5.41, 5.74) is 8.90. The molecule has 0 bridgehead atoms. The molecule has 1 aromatic carbocycles. The van der Waals surface area contributed by atoms with Gasteiger partial charge in [-0.05, 0) is 37.1 Å². The Morgan fingerprint density at radius 1 is 1.20 bits per heavy atom. The molecule has 20 heavy (non-hydrogen) atoms. The minimum Gasteiger partial charge on any atom is -0.382 e. The van der Waals surface area contributed by atoms with Crippen molar-refractivity contribution < 1.29 is 4.39 Å². The number of rotatable bonds is 2. The summed E-state index contributed by atoms with van der Waals surface area (Å²) >= 11 is 0. The molecule has 3 nitrogen and oxygen atoms in total. The second kappa shape index (κ2) is 4.89. The number of anilines is 1. The van der Waals surface area contributed by atoms with Gasteiger partial charge >= 0.3 is 0 Å². The topological polar surface area (TPSA) is 51.8 Å². The van der Waals surface area contributed by atoms with Gasteiger partial charge in [0.25, 0.3) is 0 Å². The minimum atomic E-state index is -0.290. The average Bonchev–Trinajstić information content (AvgIpc) is 2.47. The Bertz CT molecular complexity index is 784. The molecular formula is C16H13FN3. The number of aromatic nitrogens is 2. The van der Waals surface area contributed by atoms with E-state index in [0.29, 0.717) is 29.0 Å². The summed E-state index contributed by atoms with van der Waals surface area (Å²) in [7, 11) is 0. The highest BCUT2D eigenvalue weighted by Crippen LogP contribution is 2.26. The summed E-state index contributed by atoms with van der Waals surface area (Å²) in [6.45, 7) is 3.87. The Morgan fingerprint density at radius 2 is 2.05 bits per heavy atom. The second-order valence-corrected chi connectivity index (χ2v) is 4.52. The summed E-state index contributed by atoms with van der Waals surface area (Å²) in [4.78, 5) is 8.64. The molecule has 3 aromatic rings. The first kappa shape index (κ1) is 12.5. The molecular weight excluding hydrogens is 253 g/mol. The van der Waals surface area contributed by atoms with Crippen LogP contribution in [0.4, 0.5) is 10.2 Å². The lowest BCUT2D eigenvalue weighted by Crippen LogP contribution is -1.98. The number of nitrogens with two attached hydrogens (primary N) is 1. The average molecular weight is 266 g/mol. The van der Waals surface area contributed by atoms with Crippen molar-refractivity contribution in [2.75, 3.05) is 5.73 Å². The van der Waals surface area contributed by atoms with Crippen molar-refractivity contribution in [1.82, 2.24) is 9.97 Å². The van der Waals surface area contributed by atoms with E-state index in [1.165, 1.54) is 12.1 Å². The van der Waals surface area contributed by atoms with Gasteiger partial charge in [0.2, 0.25) is 0 Å². The molecule has 0 spiro atoms. The largest absolute Gasteiger partial charge is 0.382 e. The Balaban J connectivity index is 2.23. The number of halogens is 1. The standard InChI is InChI=1S/C16H13FN3/c1-2-10-9-19-16(18)15-13(10)6-7-14(20-15)11-4-3-5-12(17)8-11/h3-9H,1-2H2,(H2,18,19). The predicted octanol–water partition coefficient (Wildman–Crippen LogP) is 3.39. The number of nitrogen functional groups attached to an aromatic ring is 1. The summed E-state index contributed by atoms with van der Waals surface area (Å²) in [5.74, 6) is 0.0810. The SMILES string of the molecule is [CH2]Cc1cnc(N)c2nc(-c3cccc(F)c3)ccc12. The van der Waals surface area contributed by atoms with Crippen LogP contribution in [0.3, 0.4) is 0 Å². The number of hydrogen-bond donors (Lipinski definition) is 1. The highest BCUT2D eigenvalue weighted by molar-refractivity contribution is 5.91. The van der Waals surface area contributed by atoms with Crippen molar-refractivity contribution in [3.05, 3.63) is 60.9 Å². The van der Waals surface area contributed by atoms with E-state index in [4.69, 9.17) is 5.73 Å². The van der Waals surface area contributed by atoms with E-state index in [1.807, 2.05) is 18.2 Å². The lowest BCUT2D eigenvalue weighted by Gasteiger charge is -2.08. The molecule has 99 valence electrons. The molecule has 0 atom stereocenters. The van der Waals surface area contributed by atoms with E-state index in [2.05, 4.69) is 16.9 Å². The van der Waals surface area contributed by atoms with Gasteiger partial charge in [-0.3, -0.25) is 0 Å². The molecule has 0 saturated heterocycles. The first-order chi connectivity index (χ1) is 9.69. The third-order valence-electron chi connectivity index (χ3n) is 3.23. The van der Waals surface area contributed by atoms with Crippen LogP contribution in [0, 0.1) is 12.7 Å². The maximum Gasteiger partial charge on any atom is 0.149 e. The van der Waals surface area contributed by atoms with Gasteiger partial charge in [-0.25, -0.2) is 14.4 Å². The van der Waals surface area contributed by atoms with Crippen molar-refractivity contribution in [3.63, 3.8) is 0 Å². The Morgan fingerprint density at radius 3 is 2.80 bits per heavy atom. The summed E-state index contributed by atoms with van der Waals surface area (Å²) in [6.07, 6.45) is 2.33. The van der Waals surface area contributed by atoms with Crippen molar-refractivity contribution in [2.45, 2.75) is 6.42 Å². The molecule has 3 rings (SSSR count). The number of benzene rings is 1. The predicted molar refractivity (Wildman–Crippen MR) is 78.4 cm³/mol. The number of nitrogens with zero attached hydrogens (tertiary/aromatic N) is 2. The van der Waals surface area contributed by atoms with E-state index >= 15 is 0 Å². The van der Waals surface area contributed by atoms with E-state index in [0.717, 1.165) is 10.9 Å². The maximum atomic E-state index is 13.3. The Labute approximate surface area is 116 Å². The number of fused-ring (bicyclic) bond motifs is 1. The van der Waals surface area contributed by atoms with Crippen LogP contribution < -0.4 is 5.73 Å². The molecule has 0 aliphatic heterocycles. The van der Waals surface area contributed by atoms with E-state index < -0.39 is 0 Å². The zero-order valence-corrected chi connectivity index (χ0v) is 10.8. The van der Waals surface area contributed by atoms with Gasteiger partial charge in [0.15, 0.2) is 0 Å². The van der Waals surface area contributed by atoms with E-state index in [-0.39, 0.29) is 5.82 Å². The fraction of sp³-hybridized carbons (Fsp3) is 0.0625. The second-order valence-electron chi connectivity index (χ2n) is 4.52. The molecule has 2 N–H and O–H groups in total. The Kier molecular flexibility index (Phi) is 3.06. The molecule has 0 unspecified atom stereocenters. The number of hydrogen-bond acceptors (Lipinski definition) is 3. The van der Waals surface area contributed by atoms with Crippen LogP contribution in [0.2, 0.25) is 0 Å². The van der Waals surface area contributed by atoms with Crippen LogP contribution in [-0.2, 0) is 6.42 Å². The molecule has 0 amide bonds. The van der Waals surface area contributed by atoms with E-state index in [9.17, 15) is 4.39 Å². The smallest absolute Gasteiger partial charge is 0.149 e. The summed E-state index contributed by atoms with van der Waals surface area (Å²) in [5, 5.41) is 0.938. The summed E-state index contributed by atoms with van der Waals surface area (Å²) < 4.78 is 13.3. The molecule has 0 aliphatic rings. The first-order valence-corrected chi connectivity index (χ1v) is 6.28. The molecule has 0 saturated carbocycles. The molecule has 0 fully saturated rings. The van der Waals surface area contributed by atoms with Crippen LogP contribution in [-0.4, -0.2) is 9.97 Å². The van der Waals surface area contributed by atoms with Crippen molar-refractivity contribution >= 4 is 16.7 Å². The van der Waals surface area contributed by atoms with Crippen LogP contribution in [0.15, 0.2) is 42.6 Å². The zero-order valence-electron chi connectivity index (χ0n) is 10.8. The van der Waals surface area contributed by atoms with Crippen LogP contribution >= 0.6 is 0 Å². The highest BCUT2D eigenvalue weighted by atomic mass is 19.1. The van der Waals surface area contributed by atoms with Crippen molar-refractivity contribution in [2.24, 2.45) is 0 Å². The fourth-order valence-corrected chi connectivity index (χ4v) is 2.20. The van der Waals surface area contributed by atoms with Crippen LogP contribution in [0.5, 0.6) is 0 Å². The van der Waals surface area contributed by atoms with Crippen molar-refractivity contribution in [3.8, 4) is 11.3 Å². The maximum absolute atomic E-state index is 13.3. The van der Waals surface area contributed by atoms with Gasteiger partial charge < -0.3 is 5.73 Å². The van der Waals surface area contributed by atoms with Gasteiger partial charge in [0.1, 0.15) is 17.2 Å². The van der Waals surface area contributed by atoms with Gasteiger partial charge in [-0.1, -0.05) is 18.2 Å². The third-order valence-corrected chi connectivity index (χ3v) is 3.23. The molecule has 1 radical (unpaired) electrons. The normalized spacial score (nSPS) is 10.9. The quantitative estimate of drug-likeness (QED) is 0.773. The van der Waals surface area contributed by atoms with Crippen LogP contribution in [0.1, 0.15) is 5.56 Å². The minimum absolute atomic E-state index is 0.290. The van der Waals surface area contributed by atoms with Gasteiger partial charge in [0.05, 0.1) is 5.69 Å². The lowest BCUT2D eigenvalue weighted by atomic mass is 10.1. The summed E-state index contributed by atoms with van der Waals surface area (Å²) in [6, 6.07) is 10.1. The Hall–Kier alpha value is -2.49. The monoisotopic (exact) mass is 266 g/mol. The van der Waals surface area contributed by atoms with E-state index in [1.54, 1.807) is 12.3 Å². The molecule has 2 aromatic heterocycles. The zero-order chi connectivity index (χ0) is 14.1. The van der Waals surface area contributed by atoms with Gasteiger partial charge in [0, 0.05) is 17.1 Å². The lowest BCUT2D eigenvalue weighted by molar-refractivity contribution is 0.628.